The maximum absolute atomic E-state index is 13.7. The van der Waals surface area contributed by atoms with Crippen LogP contribution < -0.4 is 5.32 Å². The number of halogens is 2. The molecule has 0 radical (unpaired) electrons. The summed E-state index contributed by atoms with van der Waals surface area (Å²) in [4.78, 5) is 24.9. The van der Waals surface area contributed by atoms with Crippen LogP contribution in [0.4, 0.5) is 4.39 Å². The van der Waals surface area contributed by atoms with Gasteiger partial charge < -0.3 is 14.8 Å². The van der Waals surface area contributed by atoms with E-state index in [1.165, 1.54) is 6.07 Å². The van der Waals surface area contributed by atoms with E-state index in [1.807, 2.05) is 6.92 Å². The lowest BCUT2D eigenvalue weighted by molar-refractivity contribution is -0.136. The summed E-state index contributed by atoms with van der Waals surface area (Å²) in [5.41, 5.74) is 2.92. The minimum absolute atomic E-state index is 0.0322. The summed E-state index contributed by atoms with van der Waals surface area (Å²) < 4.78 is 24.8. The van der Waals surface area contributed by atoms with Crippen molar-refractivity contribution < 1.29 is 23.5 Å². The number of ketones is 1. The number of dihydropyridines is 1. The molecule has 0 saturated carbocycles. The van der Waals surface area contributed by atoms with Crippen molar-refractivity contribution >= 4 is 27.7 Å². The van der Waals surface area contributed by atoms with E-state index in [1.54, 1.807) is 12.1 Å². The molecule has 1 N–H and O–H groups in total. The van der Waals surface area contributed by atoms with Gasteiger partial charge in [-0.05, 0) is 40.0 Å². The second-order valence-corrected chi connectivity index (χ2v) is 7.01. The van der Waals surface area contributed by atoms with Crippen molar-refractivity contribution in [2.24, 2.45) is 0 Å². The quantitative estimate of drug-likeness (QED) is 0.763. The fourth-order valence-electron chi connectivity index (χ4n) is 3.59. The standard InChI is InChI=1S/C18H15BrFNO4/c1-2-13-17-16(12(22)7-24-13)14(8-3-4-10(20)9(19)5-8)15-11(21-17)6-25-18(15)23/h3-5,13-14,21H,2,6-7H2,1H3/t13-,14-/m0/s1. The van der Waals surface area contributed by atoms with Gasteiger partial charge >= 0.3 is 5.97 Å². The van der Waals surface area contributed by atoms with Crippen LogP contribution in [0.15, 0.2) is 45.2 Å². The Bertz CT molecular complexity index is 861. The average Bonchev–Trinajstić information content (AvgIpc) is 2.97. The lowest BCUT2D eigenvalue weighted by atomic mass is 9.77. The zero-order valence-corrected chi connectivity index (χ0v) is 15.0. The molecule has 25 heavy (non-hydrogen) atoms. The number of benzene rings is 1. The number of esters is 1. The maximum Gasteiger partial charge on any atom is 0.337 e. The number of cyclic esters (lactones) is 1. The Morgan fingerprint density at radius 3 is 2.80 bits per heavy atom. The maximum atomic E-state index is 13.7. The molecule has 0 unspecified atom stereocenters. The first-order valence-electron chi connectivity index (χ1n) is 8.02. The van der Waals surface area contributed by atoms with Gasteiger partial charge in [-0.15, -0.1) is 0 Å². The number of nitrogens with one attached hydrogen (secondary N) is 1. The molecule has 0 fully saturated rings. The van der Waals surface area contributed by atoms with Gasteiger partial charge in [0.25, 0.3) is 0 Å². The second-order valence-electron chi connectivity index (χ2n) is 6.16. The highest BCUT2D eigenvalue weighted by Crippen LogP contribution is 2.44. The Labute approximate surface area is 152 Å². The van der Waals surface area contributed by atoms with Crippen LogP contribution in [0, 0.1) is 5.82 Å². The minimum atomic E-state index is -0.580. The van der Waals surface area contributed by atoms with Crippen LogP contribution in [0.25, 0.3) is 0 Å². The topological polar surface area (TPSA) is 64.6 Å². The highest BCUT2D eigenvalue weighted by molar-refractivity contribution is 9.10. The first-order chi connectivity index (χ1) is 12.0. The number of Topliss-reactive ketones (excluding diaryl/α,β-unsaturated/α-hetero) is 1. The van der Waals surface area contributed by atoms with Crippen molar-refractivity contribution in [1.82, 2.24) is 5.32 Å². The molecular weight excluding hydrogens is 393 g/mol. The summed E-state index contributed by atoms with van der Waals surface area (Å²) in [6, 6.07) is 4.53. The van der Waals surface area contributed by atoms with Crippen LogP contribution in [0.2, 0.25) is 0 Å². The van der Waals surface area contributed by atoms with E-state index >= 15 is 0 Å². The molecule has 5 nitrogen and oxygen atoms in total. The van der Waals surface area contributed by atoms with Crippen LogP contribution in [-0.2, 0) is 19.1 Å². The van der Waals surface area contributed by atoms with Crippen molar-refractivity contribution in [2.45, 2.75) is 25.4 Å². The summed E-state index contributed by atoms with van der Waals surface area (Å²) in [6.07, 6.45) is 0.444. The molecule has 7 heteroatoms. The molecule has 2 atom stereocenters. The van der Waals surface area contributed by atoms with Crippen LogP contribution in [0.5, 0.6) is 0 Å². The summed E-state index contributed by atoms with van der Waals surface area (Å²) in [5.74, 6) is -1.61. The van der Waals surface area contributed by atoms with Gasteiger partial charge in [-0.3, -0.25) is 4.79 Å². The van der Waals surface area contributed by atoms with E-state index in [2.05, 4.69) is 21.2 Å². The SMILES string of the molecule is CC[C@@H]1OCC(=O)C2=C1NC1=C(C(=O)OC1)[C@@H]2c1ccc(F)c(Br)c1. The van der Waals surface area contributed by atoms with E-state index in [-0.39, 0.29) is 29.6 Å². The van der Waals surface area contributed by atoms with Gasteiger partial charge in [0.15, 0.2) is 5.78 Å². The van der Waals surface area contributed by atoms with Crippen LogP contribution in [-0.4, -0.2) is 31.1 Å². The lowest BCUT2D eigenvalue weighted by Gasteiger charge is -2.35. The average molecular weight is 408 g/mol. The molecule has 3 aliphatic rings. The molecule has 4 rings (SSSR count). The molecule has 0 bridgehead atoms. The highest BCUT2D eigenvalue weighted by atomic mass is 79.9. The van der Waals surface area contributed by atoms with E-state index in [0.29, 0.717) is 34.5 Å². The molecule has 0 aliphatic carbocycles. The van der Waals surface area contributed by atoms with Gasteiger partial charge in [0.1, 0.15) is 19.0 Å². The van der Waals surface area contributed by atoms with E-state index in [4.69, 9.17) is 9.47 Å². The summed E-state index contributed by atoms with van der Waals surface area (Å²) in [6.45, 7) is 2.07. The van der Waals surface area contributed by atoms with Crippen LogP contribution in [0.3, 0.4) is 0 Å². The van der Waals surface area contributed by atoms with Gasteiger partial charge in [0, 0.05) is 11.5 Å². The van der Waals surface area contributed by atoms with Gasteiger partial charge in [0.05, 0.1) is 27.5 Å². The van der Waals surface area contributed by atoms with E-state index in [9.17, 15) is 14.0 Å². The Hall–Kier alpha value is -1.99. The first kappa shape index (κ1) is 16.5. The fourth-order valence-corrected chi connectivity index (χ4v) is 3.99. The van der Waals surface area contributed by atoms with Crippen molar-refractivity contribution in [3.63, 3.8) is 0 Å². The number of carbonyl (C=O) groups excluding carboxylic acids is 2. The zero-order valence-electron chi connectivity index (χ0n) is 13.4. The summed E-state index contributed by atoms with van der Waals surface area (Å²) in [7, 11) is 0. The number of hydrogen-bond donors (Lipinski definition) is 1. The molecule has 3 aliphatic heterocycles. The molecule has 130 valence electrons. The van der Waals surface area contributed by atoms with Crippen LogP contribution >= 0.6 is 15.9 Å². The predicted molar refractivity (Wildman–Crippen MR) is 90.0 cm³/mol. The summed E-state index contributed by atoms with van der Waals surface area (Å²) >= 11 is 3.18. The van der Waals surface area contributed by atoms with E-state index < -0.39 is 17.7 Å². The molecule has 0 amide bonds. The Balaban J connectivity index is 1.93. The number of rotatable bonds is 2. The van der Waals surface area contributed by atoms with Crippen LogP contribution in [0.1, 0.15) is 24.8 Å². The number of carbonyl (C=O) groups is 2. The molecule has 1 aromatic rings. The fraction of sp³-hybridized carbons (Fsp3) is 0.333. The number of hydrogen-bond acceptors (Lipinski definition) is 5. The second kappa shape index (κ2) is 6.07. The van der Waals surface area contributed by atoms with Gasteiger partial charge in [0.2, 0.25) is 0 Å². The smallest absolute Gasteiger partial charge is 0.337 e. The van der Waals surface area contributed by atoms with Crippen molar-refractivity contribution in [2.75, 3.05) is 13.2 Å². The van der Waals surface area contributed by atoms with Gasteiger partial charge in [-0.2, -0.15) is 0 Å². The molecular formula is C18H15BrFNO4. The third-order valence-corrected chi connectivity index (χ3v) is 5.34. The normalized spacial score (nSPS) is 25.6. The third-order valence-electron chi connectivity index (χ3n) is 4.73. The van der Waals surface area contributed by atoms with E-state index in [0.717, 1.165) is 0 Å². The summed E-state index contributed by atoms with van der Waals surface area (Å²) in [5, 5.41) is 3.19. The highest BCUT2D eigenvalue weighted by Gasteiger charge is 2.45. The molecule has 3 heterocycles. The minimum Gasteiger partial charge on any atom is -0.456 e. The Kier molecular flexibility index (Phi) is 4.00. The lowest BCUT2D eigenvalue weighted by Crippen LogP contribution is -2.41. The van der Waals surface area contributed by atoms with Crippen molar-refractivity contribution in [3.05, 3.63) is 56.6 Å². The largest absolute Gasteiger partial charge is 0.456 e. The van der Waals surface area contributed by atoms with Gasteiger partial charge in [-0.25, -0.2) is 9.18 Å². The Morgan fingerprint density at radius 1 is 1.28 bits per heavy atom. The molecule has 0 aromatic heterocycles. The van der Waals surface area contributed by atoms with Gasteiger partial charge in [-0.1, -0.05) is 13.0 Å². The van der Waals surface area contributed by atoms with Crippen molar-refractivity contribution in [1.29, 1.82) is 0 Å². The zero-order chi connectivity index (χ0) is 17.7. The molecule has 1 aromatic carbocycles. The van der Waals surface area contributed by atoms with Crippen molar-refractivity contribution in [3.8, 4) is 0 Å². The molecule has 0 spiro atoms. The first-order valence-corrected chi connectivity index (χ1v) is 8.81. The monoisotopic (exact) mass is 407 g/mol. The predicted octanol–water partition coefficient (Wildman–Crippen LogP) is 2.72. The number of ether oxygens (including phenoxy) is 2. The molecule has 0 saturated heterocycles. The Morgan fingerprint density at radius 2 is 2.08 bits per heavy atom. The third kappa shape index (κ3) is 2.53.